The van der Waals surface area contributed by atoms with Gasteiger partial charge in [-0.2, -0.15) is 5.26 Å². The first kappa shape index (κ1) is 17.1. The summed E-state index contributed by atoms with van der Waals surface area (Å²) in [4.78, 5) is 0. The summed E-state index contributed by atoms with van der Waals surface area (Å²) in [5.41, 5.74) is 1.62. The number of rotatable bonds is 2. The molecular formula is C20H25Cl2N. The standard InChI is InChI=1S/C20H25Cl2N/c1-13-2-4-14(5-3-13)15-6-8-16(9-7-15)17-10-19(21)18(12-23)20(22)11-17/h10-11,13-16H,2-9H2,1H3/t13-,14-,15?,16?. The molecule has 0 saturated heterocycles. The molecule has 23 heavy (non-hydrogen) atoms. The van der Waals surface area contributed by atoms with Crippen molar-refractivity contribution in [2.75, 3.05) is 0 Å². The fraction of sp³-hybridized carbons (Fsp3) is 0.650. The Morgan fingerprint density at radius 1 is 0.870 bits per heavy atom. The molecule has 3 heteroatoms. The highest BCUT2D eigenvalue weighted by Crippen LogP contribution is 2.44. The highest BCUT2D eigenvalue weighted by Gasteiger charge is 2.30. The molecule has 1 nitrogen and oxygen atoms in total. The number of hydrogen-bond acceptors (Lipinski definition) is 1. The Morgan fingerprint density at radius 2 is 1.35 bits per heavy atom. The molecule has 0 heterocycles. The Labute approximate surface area is 150 Å². The fourth-order valence-electron chi connectivity index (χ4n) is 4.62. The van der Waals surface area contributed by atoms with E-state index in [9.17, 15) is 0 Å². The average Bonchev–Trinajstić information content (AvgIpc) is 2.55. The van der Waals surface area contributed by atoms with Crippen molar-refractivity contribution >= 4 is 23.2 Å². The molecule has 0 bridgehead atoms. The maximum atomic E-state index is 9.08. The van der Waals surface area contributed by atoms with E-state index in [1.165, 1.54) is 56.9 Å². The van der Waals surface area contributed by atoms with E-state index in [4.69, 9.17) is 28.5 Å². The Kier molecular flexibility index (Phi) is 5.55. The average molecular weight is 350 g/mol. The molecule has 0 aromatic heterocycles. The molecule has 2 aliphatic rings. The van der Waals surface area contributed by atoms with Crippen LogP contribution >= 0.6 is 23.2 Å². The van der Waals surface area contributed by atoms with Crippen LogP contribution in [0.3, 0.4) is 0 Å². The van der Waals surface area contributed by atoms with Crippen LogP contribution in [-0.4, -0.2) is 0 Å². The van der Waals surface area contributed by atoms with Crippen LogP contribution in [-0.2, 0) is 0 Å². The molecule has 0 N–H and O–H groups in total. The Morgan fingerprint density at radius 3 is 1.83 bits per heavy atom. The number of benzene rings is 1. The summed E-state index contributed by atoms with van der Waals surface area (Å²) in [6.07, 6.45) is 10.8. The fourth-order valence-corrected chi connectivity index (χ4v) is 5.20. The number of hydrogen-bond donors (Lipinski definition) is 0. The summed E-state index contributed by atoms with van der Waals surface area (Å²) in [6.45, 7) is 2.39. The van der Waals surface area contributed by atoms with Gasteiger partial charge in [0.1, 0.15) is 6.07 Å². The quantitative estimate of drug-likeness (QED) is 0.565. The highest BCUT2D eigenvalue weighted by molar-refractivity contribution is 6.36. The lowest BCUT2D eigenvalue weighted by Crippen LogP contribution is -2.24. The molecule has 2 aliphatic carbocycles. The molecule has 0 aliphatic heterocycles. The molecular weight excluding hydrogens is 325 g/mol. The Hall–Kier alpha value is -0.710. The van der Waals surface area contributed by atoms with E-state index in [-0.39, 0.29) is 0 Å². The lowest BCUT2D eigenvalue weighted by Gasteiger charge is -2.37. The van der Waals surface area contributed by atoms with Crippen molar-refractivity contribution in [1.82, 2.24) is 0 Å². The summed E-state index contributed by atoms with van der Waals surface area (Å²) in [6, 6.07) is 6.00. The first-order valence-electron chi connectivity index (χ1n) is 8.97. The van der Waals surface area contributed by atoms with Crippen LogP contribution in [0.4, 0.5) is 0 Å². The van der Waals surface area contributed by atoms with Crippen molar-refractivity contribution < 1.29 is 0 Å². The summed E-state index contributed by atoms with van der Waals surface area (Å²) < 4.78 is 0. The topological polar surface area (TPSA) is 23.8 Å². The second kappa shape index (κ2) is 7.45. The molecule has 2 saturated carbocycles. The molecule has 0 radical (unpaired) electrons. The molecule has 124 valence electrons. The predicted octanol–water partition coefficient (Wildman–Crippen LogP) is 6.97. The van der Waals surface area contributed by atoms with E-state index in [2.05, 4.69) is 13.0 Å². The van der Waals surface area contributed by atoms with Gasteiger partial charge in [0.2, 0.25) is 0 Å². The van der Waals surface area contributed by atoms with Gasteiger partial charge in [-0.25, -0.2) is 0 Å². The van der Waals surface area contributed by atoms with E-state index in [1.54, 1.807) is 0 Å². The van der Waals surface area contributed by atoms with Crippen molar-refractivity contribution in [2.45, 2.75) is 64.2 Å². The van der Waals surface area contributed by atoms with Crippen LogP contribution in [0.1, 0.15) is 75.3 Å². The van der Waals surface area contributed by atoms with Crippen LogP contribution in [0.25, 0.3) is 0 Å². The first-order valence-corrected chi connectivity index (χ1v) is 9.73. The molecule has 0 unspecified atom stereocenters. The van der Waals surface area contributed by atoms with Gasteiger partial charge in [0.05, 0.1) is 15.6 Å². The largest absolute Gasteiger partial charge is 0.192 e. The highest BCUT2D eigenvalue weighted by atomic mass is 35.5. The number of nitrogens with zero attached hydrogens (tertiary/aromatic N) is 1. The van der Waals surface area contributed by atoms with Crippen LogP contribution in [0.2, 0.25) is 10.0 Å². The third kappa shape index (κ3) is 3.86. The SMILES string of the molecule is C[C@H]1CC[C@H](C2CCC(c3cc(Cl)c(C#N)c(Cl)c3)CC2)CC1. The first-order chi connectivity index (χ1) is 11.1. The molecule has 3 rings (SSSR count). The molecule has 1 aromatic carbocycles. The maximum Gasteiger partial charge on any atom is 0.102 e. The van der Waals surface area contributed by atoms with E-state index in [0.29, 0.717) is 21.5 Å². The normalized spacial score (nSPS) is 31.6. The minimum absolute atomic E-state index is 0.405. The van der Waals surface area contributed by atoms with Crippen molar-refractivity contribution in [2.24, 2.45) is 17.8 Å². The zero-order chi connectivity index (χ0) is 16.4. The van der Waals surface area contributed by atoms with Gasteiger partial charge in [-0.15, -0.1) is 0 Å². The molecule has 1 aromatic rings. The van der Waals surface area contributed by atoms with Crippen LogP contribution in [0.15, 0.2) is 12.1 Å². The zero-order valence-electron chi connectivity index (χ0n) is 13.8. The smallest absolute Gasteiger partial charge is 0.102 e. The van der Waals surface area contributed by atoms with Gasteiger partial charge in [0, 0.05) is 0 Å². The third-order valence-corrected chi connectivity index (χ3v) is 6.74. The van der Waals surface area contributed by atoms with Gasteiger partial charge in [0.15, 0.2) is 0 Å². The van der Waals surface area contributed by atoms with E-state index < -0.39 is 0 Å². The van der Waals surface area contributed by atoms with Crippen molar-refractivity contribution in [3.8, 4) is 6.07 Å². The molecule has 0 spiro atoms. The molecule has 0 atom stereocenters. The van der Waals surface area contributed by atoms with Crippen LogP contribution in [0.5, 0.6) is 0 Å². The summed E-state index contributed by atoms with van der Waals surface area (Å²) in [7, 11) is 0. The van der Waals surface area contributed by atoms with Gasteiger partial charge >= 0.3 is 0 Å². The maximum absolute atomic E-state index is 9.08. The van der Waals surface area contributed by atoms with Crippen molar-refractivity contribution in [1.29, 1.82) is 5.26 Å². The minimum Gasteiger partial charge on any atom is -0.192 e. The number of halogens is 2. The van der Waals surface area contributed by atoms with E-state index in [1.807, 2.05) is 12.1 Å². The zero-order valence-corrected chi connectivity index (χ0v) is 15.3. The van der Waals surface area contributed by atoms with Gasteiger partial charge in [-0.1, -0.05) is 43.0 Å². The van der Waals surface area contributed by atoms with E-state index >= 15 is 0 Å². The Balaban J connectivity index is 1.62. The molecule has 0 amide bonds. The second-order valence-electron chi connectivity index (χ2n) is 7.60. The van der Waals surface area contributed by atoms with Gasteiger partial charge in [-0.05, 0) is 79.9 Å². The van der Waals surface area contributed by atoms with Gasteiger partial charge in [-0.3, -0.25) is 0 Å². The van der Waals surface area contributed by atoms with Gasteiger partial charge in [0.25, 0.3) is 0 Å². The summed E-state index contributed by atoms with van der Waals surface area (Å²) in [5, 5.41) is 10.1. The third-order valence-electron chi connectivity index (χ3n) is 6.15. The second-order valence-corrected chi connectivity index (χ2v) is 8.42. The lowest BCUT2D eigenvalue weighted by molar-refractivity contribution is 0.165. The monoisotopic (exact) mass is 349 g/mol. The summed E-state index contributed by atoms with van der Waals surface area (Å²) >= 11 is 12.4. The Bertz CT molecular complexity index is 565. The summed E-state index contributed by atoms with van der Waals surface area (Å²) in [5.74, 6) is 3.37. The van der Waals surface area contributed by atoms with Crippen LogP contribution in [0, 0.1) is 29.1 Å². The minimum atomic E-state index is 0.405. The van der Waals surface area contributed by atoms with Crippen molar-refractivity contribution in [3.05, 3.63) is 33.3 Å². The van der Waals surface area contributed by atoms with Crippen LogP contribution < -0.4 is 0 Å². The molecule has 2 fully saturated rings. The van der Waals surface area contributed by atoms with E-state index in [0.717, 1.165) is 17.8 Å². The number of nitriles is 1. The van der Waals surface area contributed by atoms with Gasteiger partial charge < -0.3 is 0 Å². The lowest BCUT2D eigenvalue weighted by atomic mass is 9.68. The van der Waals surface area contributed by atoms with Crippen molar-refractivity contribution in [3.63, 3.8) is 0 Å². The predicted molar refractivity (Wildman–Crippen MR) is 97.0 cm³/mol.